The highest BCUT2D eigenvalue weighted by Gasteiger charge is 2.34. The Morgan fingerprint density at radius 1 is 1.06 bits per heavy atom. The zero-order chi connectivity index (χ0) is 22.1. The summed E-state index contributed by atoms with van der Waals surface area (Å²) in [6, 6.07) is 13.8. The topological polar surface area (TPSA) is 57.2 Å². The molecule has 1 aromatic heterocycles. The van der Waals surface area contributed by atoms with Gasteiger partial charge in [-0.25, -0.2) is 0 Å². The molecular formula is C25H25NO5S. The molecule has 0 fully saturated rings. The van der Waals surface area contributed by atoms with Gasteiger partial charge in [0.2, 0.25) is 5.91 Å². The molecule has 0 radical (unpaired) electrons. The van der Waals surface area contributed by atoms with Gasteiger partial charge in [-0.05, 0) is 58.8 Å². The van der Waals surface area contributed by atoms with Crippen molar-refractivity contribution in [1.29, 1.82) is 0 Å². The van der Waals surface area contributed by atoms with Gasteiger partial charge in [-0.3, -0.25) is 4.79 Å². The monoisotopic (exact) mass is 451 g/mol. The van der Waals surface area contributed by atoms with E-state index in [-0.39, 0.29) is 11.9 Å². The van der Waals surface area contributed by atoms with Gasteiger partial charge in [-0.15, -0.1) is 11.3 Å². The van der Waals surface area contributed by atoms with Crippen LogP contribution in [0, 0.1) is 0 Å². The van der Waals surface area contributed by atoms with Gasteiger partial charge in [0.15, 0.2) is 23.0 Å². The van der Waals surface area contributed by atoms with Crippen LogP contribution in [0.3, 0.4) is 0 Å². The van der Waals surface area contributed by atoms with Gasteiger partial charge in [0.1, 0.15) is 13.2 Å². The second-order valence-electron chi connectivity index (χ2n) is 7.82. The first kappa shape index (κ1) is 20.7. The van der Waals surface area contributed by atoms with Crippen molar-refractivity contribution in [2.24, 2.45) is 0 Å². The summed E-state index contributed by atoms with van der Waals surface area (Å²) < 4.78 is 22.4. The van der Waals surface area contributed by atoms with Crippen LogP contribution in [0.5, 0.6) is 23.0 Å². The number of nitrogens with zero attached hydrogens (tertiary/aromatic N) is 1. The Labute approximate surface area is 191 Å². The Morgan fingerprint density at radius 3 is 2.59 bits per heavy atom. The van der Waals surface area contributed by atoms with Crippen molar-refractivity contribution in [2.75, 3.05) is 34.0 Å². The Kier molecular flexibility index (Phi) is 5.66. The normalized spacial score (nSPS) is 16.9. The lowest BCUT2D eigenvalue weighted by Gasteiger charge is -2.37. The third kappa shape index (κ3) is 3.77. The summed E-state index contributed by atoms with van der Waals surface area (Å²) in [4.78, 5) is 16.6. The highest BCUT2D eigenvalue weighted by Crippen LogP contribution is 2.42. The molecule has 0 bridgehead atoms. The maximum Gasteiger partial charge on any atom is 0.227 e. The largest absolute Gasteiger partial charge is 0.493 e. The van der Waals surface area contributed by atoms with Gasteiger partial charge in [0.05, 0.1) is 26.7 Å². The van der Waals surface area contributed by atoms with Crippen molar-refractivity contribution in [2.45, 2.75) is 18.9 Å². The molecule has 6 nitrogen and oxygen atoms in total. The standard InChI is InChI=1S/C25H25NO5S/c1-28-20-14-17-7-8-26(25(23-4-3-11-32-23)18(17)15-21(20)29-2)24(27)13-16-5-6-19-22(12-16)31-10-9-30-19/h3-6,11-12,14-15,25H,7-10,13H2,1-2H3/t25-/m1/s1. The fraction of sp³-hybridized carbons (Fsp3) is 0.320. The van der Waals surface area contributed by atoms with Gasteiger partial charge in [-0.2, -0.15) is 0 Å². The summed E-state index contributed by atoms with van der Waals surface area (Å²) in [7, 11) is 3.28. The van der Waals surface area contributed by atoms with E-state index in [1.165, 1.54) is 5.56 Å². The lowest BCUT2D eigenvalue weighted by Crippen LogP contribution is -2.41. The molecule has 166 valence electrons. The van der Waals surface area contributed by atoms with Gasteiger partial charge in [0.25, 0.3) is 0 Å². The summed E-state index contributed by atoms with van der Waals surface area (Å²) in [6.07, 6.45) is 1.07. The average molecular weight is 452 g/mol. The summed E-state index contributed by atoms with van der Waals surface area (Å²) in [5.41, 5.74) is 3.19. The molecule has 0 saturated heterocycles. The van der Waals surface area contributed by atoms with E-state index in [0.29, 0.717) is 43.4 Å². The molecule has 2 aliphatic heterocycles. The van der Waals surface area contributed by atoms with Crippen molar-refractivity contribution in [1.82, 2.24) is 4.90 Å². The van der Waals surface area contributed by atoms with Crippen LogP contribution in [-0.2, 0) is 17.6 Å². The molecule has 0 unspecified atom stereocenters. The molecule has 1 atom stereocenters. The highest BCUT2D eigenvalue weighted by atomic mass is 32.1. The van der Waals surface area contributed by atoms with Crippen LogP contribution in [0.25, 0.3) is 0 Å². The predicted molar refractivity (Wildman–Crippen MR) is 122 cm³/mol. The van der Waals surface area contributed by atoms with Gasteiger partial charge < -0.3 is 23.8 Å². The number of amides is 1. The number of benzene rings is 2. The van der Waals surface area contributed by atoms with Crippen LogP contribution < -0.4 is 18.9 Å². The Morgan fingerprint density at radius 2 is 1.84 bits per heavy atom. The van der Waals surface area contributed by atoms with Crippen LogP contribution in [0.1, 0.15) is 27.6 Å². The molecule has 0 aliphatic carbocycles. The van der Waals surface area contributed by atoms with Crippen LogP contribution in [-0.4, -0.2) is 44.8 Å². The van der Waals surface area contributed by atoms with E-state index >= 15 is 0 Å². The first-order valence-corrected chi connectivity index (χ1v) is 11.5. The molecule has 3 aromatic rings. The molecule has 32 heavy (non-hydrogen) atoms. The third-order valence-electron chi connectivity index (χ3n) is 5.97. The second-order valence-corrected chi connectivity index (χ2v) is 8.80. The molecule has 7 heteroatoms. The van der Waals surface area contributed by atoms with Gasteiger partial charge >= 0.3 is 0 Å². The van der Waals surface area contributed by atoms with Crippen LogP contribution in [0.2, 0.25) is 0 Å². The van der Waals surface area contributed by atoms with Gasteiger partial charge in [0, 0.05) is 11.4 Å². The zero-order valence-corrected chi connectivity index (χ0v) is 18.9. The Bertz CT molecular complexity index is 1130. The van der Waals surface area contributed by atoms with E-state index in [1.807, 2.05) is 46.7 Å². The van der Waals surface area contributed by atoms with Crippen LogP contribution in [0.4, 0.5) is 0 Å². The van der Waals surface area contributed by atoms with Gasteiger partial charge in [-0.1, -0.05) is 12.1 Å². The first-order chi connectivity index (χ1) is 15.7. The predicted octanol–water partition coefficient (Wildman–Crippen LogP) is 4.25. The van der Waals surface area contributed by atoms with E-state index in [0.717, 1.165) is 28.2 Å². The number of carbonyl (C=O) groups excluding carboxylic acids is 1. The fourth-order valence-electron chi connectivity index (χ4n) is 4.44. The Balaban J connectivity index is 1.47. The molecule has 2 aliphatic rings. The minimum atomic E-state index is -0.150. The molecule has 0 N–H and O–H groups in total. The number of methoxy groups -OCH3 is 2. The van der Waals surface area contributed by atoms with E-state index in [2.05, 4.69) is 6.07 Å². The number of fused-ring (bicyclic) bond motifs is 2. The maximum absolute atomic E-state index is 13.5. The van der Waals surface area contributed by atoms with Crippen molar-refractivity contribution < 1.29 is 23.7 Å². The smallest absolute Gasteiger partial charge is 0.227 e. The lowest BCUT2D eigenvalue weighted by molar-refractivity contribution is -0.132. The van der Waals surface area contributed by atoms with E-state index in [4.69, 9.17) is 18.9 Å². The number of ether oxygens (including phenoxy) is 4. The molecular weight excluding hydrogens is 426 g/mol. The molecule has 3 heterocycles. The van der Waals surface area contributed by atoms with E-state index in [9.17, 15) is 4.79 Å². The quantitative estimate of drug-likeness (QED) is 0.580. The summed E-state index contributed by atoms with van der Waals surface area (Å²) >= 11 is 1.66. The zero-order valence-electron chi connectivity index (χ0n) is 18.1. The molecule has 1 amide bonds. The highest BCUT2D eigenvalue weighted by molar-refractivity contribution is 7.10. The van der Waals surface area contributed by atoms with Crippen molar-refractivity contribution in [3.05, 3.63) is 69.4 Å². The average Bonchev–Trinajstić information content (AvgIpc) is 3.36. The third-order valence-corrected chi connectivity index (χ3v) is 6.89. The van der Waals surface area contributed by atoms with E-state index < -0.39 is 0 Å². The van der Waals surface area contributed by atoms with Crippen molar-refractivity contribution in [3.8, 4) is 23.0 Å². The Hall–Kier alpha value is -3.19. The summed E-state index contributed by atoms with van der Waals surface area (Å²) in [5.74, 6) is 2.91. The number of carbonyl (C=O) groups is 1. The minimum Gasteiger partial charge on any atom is -0.493 e. The fourth-order valence-corrected chi connectivity index (χ4v) is 5.30. The number of hydrogen-bond donors (Lipinski definition) is 0. The molecule has 0 spiro atoms. The first-order valence-electron chi connectivity index (χ1n) is 10.6. The van der Waals surface area contributed by atoms with Crippen molar-refractivity contribution in [3.63, 3.8) is 0 Å². The van der Waals surface area contributed by atoms with E-state index in [1.54, 1.807) is 25.6 Å². The molecule has 2 aromatic carbocycles. The lowest BCUT2D eigenvalue weighted by atomic mass is 9.90. The molecule has 5 rings (SSSR count). The van der Waals surface area contributed by atoms with Crippen LogP contribution in [0.15, 0.2) is 47.8 Å². The summed E-state index contributed by atoms with van der Waals surface area (Å²) in [5, 5.41) is 2.05. The maximum atomic E-state index is 13.5. The number of hydrogen-bond acceptors (Lipinski definition) is 6. The minimum absolute atomic E-state index is 0.0838. The van der Waals surface area contributed by atoms with Crippen LogP contribution >= 0.6 is 11.3 Å². The second kappa shape index (κ2) is 8.74. The number of rotatable bonds is 5. The van der Waals surface area contributed by atoms with Crippen molar-refractivity contribution >= 4 is 17.2 Å². The molecule has 0 saturated carbocycles. The SMILES string of the molecule is COc1cc2c(cc1OC)[C@H](c1cccs1)N(C(=O)Cc1ccc3c(c1)OCCO3)CC2. The summed E-state index contributed by atoms with van der Waals surface area (Å²) in [6.45, 7) is 1.72. The number of thiophene rings is 1.